The van der Waals surface area contributed by atoms with Gasteiger partial charge in [-0.05, 0) is 5.56 Å². The van der Waals surface area contributed by atoms with E-state index in [9.17, 15) is 18.3 Å². The summed E-state index contributed by atoms with van der Waals surface area (Å²) in [6.07, 6.45) is -1.20. The van der Waals surface area contributed by atoms with E-state index in [-0.39, 0.29) is 30.2 Å². The summed E-state index contributed by atoms with van der Waals surface area (Å²) in [5.41, 5.74) is 0.934. The van der Waals surface area contributed by atoms with Crippen LogP contribution in [-0.2, 0) is 21.2 Å². The summed E-state index contributed by atoms with van der Waals surface area (Å²) >= 11 is 0. The third kappa shape index (κ3) is 4.06. The standard InChI is InChI=1S/C16H22N2O5S/c19-15-12-24(21,22)11-14(15)17-6-8-18(9-7-17)16(20)23-10-13-4-2-1-3-5-13/h1-5,14-15,19H,6-12H2. The molecule has 7 nitrogen and oxygen atoms in total. The molecule has 24 heavy (non-hydrogen) atoms. The molecule has 2 heterocycles. The number of hydrogen-bond acceptors (Lipinski definition) is 6. The van der Waals surface area contributed by atoms with E-state index in [1.54, 1.807) is 4.90 Å². The lowest BCUT2D eigenvalue weighted by molar-refractivity contribution is 0.0347. The molecular weight excluding hydrogens is 332 g/mol. The molecule has 0 saturated carbocycles. The monoisotopic (exact) mass is 354 g/mol. The van der Waals surface area contributed by atoms with E-state index in [1.807, 2.05) is 35.2 Å². The summed E-state index contributed by atoms with van der Waals surface area (Å²) in [5, 5.41) is 9.94. The van der Waals surface area contributed by atoms with Crippen LogP contribution in [0.3, 0.4) is 0 Å². The number of rotatable bonds is 3. The van der Waals surface area contributed by atoms with Gasteiger partial charge in [-0.1, -0.05) is 30.3 Å². The summed E-state index contributed by atoms with van der Waals surface area (Å²) in [5.74, 6) is -0.177. The molecule has 2 aliphatic heterocycles. The maximum atomic E-state index is 12.1. The van der Waals surface area contributed by atoms with Crippen molar-refractivity contribution in [2.75, 3.05) is 37.7 Å². The van der Waals surface area contributed by atoms with Gasteiger partial charge in [-0.25, -0.2) is 13.2 Å². The van der Waals surface area contributed by atoms with Crippen LogP contribution in [0.5, 0.6) is 0 Å². The maximum absolute atomic E-state index is 12.1. The molecule has 0 bridgehead atoms. The highest BCUT2D eigenvalue weighted by Crippen LogP contribution is 2.20. The fourth-order valence-electron chi connectivity index (χ4n) is 3.21. The average molecular weight is 354 g/mol. The van der Waals surface area contributed by atoms with Gasteiger partial charge in [-0.3, -0.25) is 4.90 Å². The van der Waals surface area contributed by atoms with E-state index in [1.165, 1.54) is 0 Å². The van der Waals surface area contributed by atoms with Crippen molar-refractivity contribution >= 4 is 15.9 Å². The van der Waals surface area contributed by atoms with Crippen molar-refractivity contribution in [1.82, 2.24) is 9.80 Å². The molecule has 1 aromatic carbocycles. The van der Waals surface area contributed by atoms with Gasteiger partial charge in [0.25, 0.3) is 0 Å². The van der Waals surface area contributed by atoms with Gasteiger partial charge in [0.05, 0.1) is 23.7 Å². The summed E-state index contributed by atoms with van der Waals surface area (Å²) < 4.78 is 28.5. The van der Waals surface area contributed by atoms with Crippen LogP contribution < -0.4 is 0 Å². The van der Waals surface area contributed by atoms with Gasteiger partial charge >= 0.3 is 6.09 Å². The van der Waals surface area contributed by atoms with E-state index in [0.717, 1.165) is 5.56 Å². The van der Waals surface area contributed by atoms with Crippen LogP contribution in [0.1, 0.15) is 5.56 Å². The Morgan fingerprint density at radius 2 is 1.79 bits per heavy atom. The highest BCUT2D eigenvalue weighted by Gasteiger charge is 2.41. The van der Waals surface area contributed by atoms with Crippen LogP contribution in [0.2, 0.25) is 0 Å². The molecule has 1 aromatic rings. The van der Waals surface area contributed by atoms with Crippen LogP contribution in [-0.4, -0.2) is 79.2 Å². The molecule has 1 amide bonds. The maximum Gasteiger partial charge on any atom is 0.410 e. The van der Waals surface area contributed by atoms with Crippen LogP contribution in [0.25, 0.3) is 0 Å². The lowest BCUT2D eigenvalue weighted by Crippen LogP contribution is -2.54. The molecule has 1 N–H and O–H groups in total. The Balaban J connectivity index is 1.47. The molecule has 2 saturated heterocycles. The summed E-state index contributed by atoms with van der Waals surface area (Å²) in [7, 11) is -3.16. The highest BCUT2D eigenvalue weighted by molar-refractivity contribution is 7.91. The predicted octanol–water partition coefficient (Wildman–Crippen LogP) is 0.0987. The molecule has 132 valence electrons. The Hall–Kier alpha value is -1.64. The Morgan fingerprint density at radius 3 is 2.38 bits per heavy atom. The molecule has 3 rings (SSSR count). The number of piperazine rings is 1. The van der Waals surface area contributed by atoms with Crippen LogP contribution in [0.15, 0.2) is 30.3 Å². The Labute approximate surface area is 141 Å². The number of hydrogen-bond donors (Lipinski definition) is 1. The second-order valence-electron chi connectivity index (χ2n) is 6.27. The Kier molecular flexibility index (Phi) is 5.07. The third-order valence-corrected chi connectivity index (χ3v) is 6.24. The number of nitrogens with zero attached hydrogens (tertiary/aromatic N) is 2. The third-order valence-electron chi connectivity index (χ3n) is 4.54. The summed E-state index contributed by atoms with van der Waals surface area (Å²) in [6, 6.07) is 9.12. The second-order valence-corrected chi connectivity index (χ2v) is 8.43. The molecule has 2 unspecified atom stereocenters. The fourth-order valence-corrected chi connectivity index (χ4v) is 5.04. The minimum atomic E-state index is -3.16. The quantitative estimate of drug-likeness (QED) is 0.828. The molecule has 2 atom stereocenters. The first-order chi connectivity index (χ1) is 11.4. The van der Waals surface area contributed by atoms with Crippen molar-refractivity contribution in [2.45, 2.75) is 18.8 Å². The zero-order valence-corrected chi connectivity index (χ0v) is 14.2. The van der Waals surface area contributed by atoms with Crippen molar-refractivity contribution < 1.29 is 23.1 Å². The van der Waals surface area contributed by atoms with Crippen molar-refractivity contribution in [1.29, 1.82) is 0 Å². The second kappa shape index (κ2) is 7.08. The van der Waals surface area contributed by atoms with Crippen molar-refractivity contribution in [2.24, 2.45) is 0 Å². The summed E-state index contributed by atoms with van der Waals surface area (Å²) in [6.45, 7) is 2.25. The average Bonchev–Trinajstić information content (AvgIpc) is 2.86. The minimum absolute atomic E-state index is 0.00732. The number of sulfone groups is 1. The molecule has 0 aromatic heterocycles. The minimum Gasteiger partial charge on any atom is -0.445 e. The molecule has 2 fully saturated rings. The molecule has 8 heteroatoms. The van der Waals surface area contributed by atoms with Gasteiger partial charge in [-0.15, -0.1) is 0 Å². The molecule has 0 spiro atoms. The van der Waals surface area contributed by atoms with Crippen molar-refractivity contribution in [3.05, 3.63) is 35.9 Å². The topological polar surface area (TPSA) is 87.2 Å². The first kappa shape index (κ1) is 17.2. The summed E-state index contributed by atoms with van der Waals surface area (Å²) in [4.78, 5) is 15.7. The fraction of sp³-hybridized carbons (Fsp3) is 0.562. The van der Waals surface area contributed by atoms with E-state index >= 15 is 0 Å². The first-order valence-corrected chi connectivity index (χ1v) is 9.85. The van der Waals surface area contributed by atoms with Gasteiger partial charge < -0.3 is 14.7 Å². The molecular formula is C16H22N2O5S. The largest absolute Gasteiger partial charge is 0.445 e. The lowest BCUT2D eigenvalue weighted by atomic mass is 10.1. The normalized spacial score (nSPS) is 27.1. The van der Waals surface area contributed by atoms with E-state index in [4.69, 9.17) is 4.74 Å². The number of ether oxygens (including phenoxy) is 1. The van der Waals surface area contributed by atoms with Crippen molar-refractivity contribution in [3.63, 3.8) is 0 Å². The van der Waals surface area contributed by atoms with Gasteiger partial charge in [0.15, 0.2) is 9.84 Å². The zero-order valence-electron chi connectivity index (χ0n) is 13.4. The van der Waals surface area contributed by atoms with Crippen molar-refractivity contribution in [3.8, 4) is 0 Å². The number of amides is 1. The van der Waals surface area contributed by atoms with Gasteiger partial charge in [0.2, 0.25) is 0 Å². The number of aliphatic hydroxyl groups is 1. The van der Waals surface area contributed by atoms with E-state index in [0.29, 0.717) is 26.2 Å². The van der Waals surface area contributed by atoms with Crippen LogP contribution in [0, 0.1) is 0 Å². The number of carbonyl (C=O) groups is 1. The first-order valence-electron chi connectivity index (χ1n) is 8.03. The smallest absolute Gasteiger partial charge is 0.410 e. The predicted molar refractivity (Wildman–Crippen MR) is 88.2 cm³/mol. The molecule has 0 radical (unpaired) electrons. The lowest BCUT2D eigenvalue weighted by Gasteiger charge is -2.38. The molecule has 2 aliphatic rings. The zero-order chi connectivity index (χ0) is 17.2. The SMILES string of the molecule is O=C(OCc1ccccc1)N1CCN(C2CS(=O)(=O)CC2O)CC1. The highest BCUT2D eigenvalue weighted by atomic mass is 32.2. The van der Waals surface area contributed by atoms with E-state index in [2.05, 4.69) is 0 Å². The van der Waals surface area contributed by atoms with Crippen LogP contribution in [0.4, 0.5) is 4.79 Å². The van der Waals surface area contributed by atoms with E-state index < -0.39 is 15.9 Å². The number of benzene rings is 1. The van der Waals surface area contributed by atoms with Crippen LogP contribution >= 0.6 is 0 Å². The van der Waals surface area contributed by atoms with Gasteiger partial charge in [0.1, 0.15) is 6.61 Å². The molecule has 0 aliphatic carbocycles. The Bertz CT molecular complexity index is 671. The number of aliphatic hydroxyl groups excluding tert-OH is 1. The van der Waals surface area contributed by atoms with Gasteiger partial charge in [-0.2, -0.15) is 0 Å². The van der Waals surface area contributed by atoms with Gasteiger partial charge in [0, 0.05) is 26.2 Å². The number of carbonyl (C=O) groups excluding carboxylic acids is 1. The Morgan fingerprint density at radius 1 is 1.12 bits per heavy atom.